The van der Waals surface area contributed by atoms with Crippen LogP contribution >= 0.6 is 0 Å². The minimum Gasteiger partial charge on any atom is -0.378 e. The lowest BCUT2D eigenvalue weighted by atomic mass is 9.79. The monoisotopic (exact) mass is 329 g/mol. The molecule has 2 rings (SSSR count). The summed E-state index contributed by atoms with van der Waals surface area (Å²) in [7, 11) is 0. The Bertz CT molecular complexity index is 579. The van der Waals surface area contributed by atoms with Crippen LogP contribution in [0.2, 0.25) is 0 Å². The van der Waals surface area contributed by atoms with Gasteiger partial charge in [-0.1, -0.05) is 59.7 Å². The van der Waals surface area contributed by atoms with E-state index >= 15 is 0 Å². The summed E-state index contributed by atoms with van der Waals surface area (Å²) in [5.41, 5.74) is 3.85. The molecule has 1 aliphatic heterocycles. The van der Waals surface area contributed by atoms with Gasteiger partial charge in [0.25, 0.3) is 0 Å². The van der Waals surface area contributed by atoms with E-state index in [1.807, 2.05) is 11.0 Å². The molecule has 1 aliphatic rings. The van der Waals surface area contributed by atoms with Crippen molar-refractivity contribution >= 4 is 12.0 Å². The SMILES string of the molecule is CC(C)(C)c1cc(/C=C/C(=O)N2CCOCC2)cc(C(C)(C)C)c1. The molecule has 1 saturated heterocycles. The van der Waals surface area contributed by atoms with Gasteiger partial charge < -0.3 is 9.64 Å². The van der Waals surface area contributed by atoms with E-state index in [9.17, 15) is 4.79 Å². The van der Waals surface area contributed by atoms with Gasteiger partial charge >= 0.3 is 0 Å². The molecule has 1 aromatic carbocycles. The first-order valence-electron chi connectivity index (χ1n) is 8.78. The number of carbonyl (C=O) groups excluding carboxylic acids is 1. The maximum atomic E-state index is 12.3. The average molecular weight is 329 g/mol. The van der Waals surface area contributed by atoms with Gasteiger partial charge in [0.1, 0.15) is 0 Å². The Kier molecular flexibility index (Phi) is 5.54. The lowest BCUT2D eigenvalue weighted by molar-refractivity contribution is -0.129. The zero-order valence-corrected chi connectivity index (χ0v) is 16.0. The Morgan fingerprint density at radius 3 is 1.92 bits per heavy atom. The van der Waals surface area contributed by atoms with E-state index in [0.29, 0.717) is 26.3 Å². The van der Waals surface area contributed by atoms with Crippen LogP contribution in [0.5, 0.6) is 0 Å². The Morgan fingerprint density at radius 1 is 0.958 bits per heavy atom. The number of morpholine rings is 1. The van der Waals surface area contributed by atoms with Crippen LogP contribution in [0.15, 0.2) is 24.3 Å². The molecular weight excluding hydrogens is 298 g/mol. The second-order valence-electron chi connectivity index (χ2n) is 8.61. The number of benzene rings is 1. The molecule has 0 aliphatic carbocycles. The van der Waals surface area contributed by atoms with Crippen LogP contribution in [-0.4, -0.2) is 37.1 Å². The fraction of sp³-hybridized carbons (Fsp3) is 0.571. The third kappa shape index (κ3) is 4.94. The zero-order valence-electron chi connectivity index (χ0n) is 16.0. The van der Waals surface area contributed by atoms with Crippen molar-refractivity contribution in [1.82, 2.24) is 4.90 Å². The minimum absolute atomic E-state index is 0.0665. The largest absolute Gasteiger partial charge is 0.378 e. The van der Waals surface area contributed by atoms with E-state index in [-0.39, 0.29) is 16.7 Å². The summed E-state index contributed by atoms with van der Waals surface area (Å²) >= 11 is 0. The highest BCUT2D eigenvalue weighted by atomic mass is 16.5. The molecule has 0 N–H and O–H groups in total. The number of amides is 1. The Hall–Kier alpha value is -1.61. The number of nitrogens with zero attached hydrogens (tertiary/aromatic N) is 1. The number of hydrogen-bond acceptors (Lipinski definition) is 2. The predicted octanol–water partition coefficient (Wildman–Crippen LogP) is 4.15. The molecule has 0 unspecified atom stereocenters. The van der Waals surface area contributed by atoms with Gasteiger partial charge in [-0.15, -0.1) is 0 Å². The average Bonchev–Trinajstić information content (AvgIpc) is 2.51. The van der Waals surface area contributed by atoms with Gasteiger partial charge in [-0.3, -0.25) is 4.79 Å². The third-order valence-electron chi connectivity index (χ3n) is 4.43. The highest BCUT2D eigenvalue weighted by Gasteiger charge is 2.20. The second-order valence-corrected chi connectivity index (χ2v) is 8.61. The lowest BCUT2D eigenvalue weighted by Gasteiger charge is -2.26. The summed E-state index contributed by atoms with van der Waals surface area (Å²) in [6.45, 7) is 16.0. The summed E-state index contributed by atoms with van der Waals surface area (Å²) in [6.07, 6.45) is 3.64. The van der Waals surface area contributed by atoms with Crippen molar-refractivity contribution in [2.45, 2.75) is 52.4 Å². The molecule has 1 heterocycles. The van der Waals surface area contributed by atoms with Gasteiger partial charge in [-0.05, 0) is 33.6 Å². The Labute approximate surface area is 146 Å². The lowest BCUT2D eigenvalue weighted by Crippen LogP contribution is -2.39. The quantitative estimate of drug-likeness (QED) is 0.763. The van der Waals surface area contributed by atoms with E-state index in [1.165, 1.54) is 11.1 Å². The normalized spacial score (nSPS) is 16.7. The summed E-state index contributed by atoms with van der Waals surface area (Å²) in [5, 5.41) is 0. The van der Waals surface area contributed by atoms with Crippen LogP contribution in [0, 0.1) is 0 Å². The van der Waals surface area contributed by atoms with Gasteiger partial charge in [0.2, 0.25) is 5.91 Å². The summed E-state index contributed by atoms with van der Waals surface area (Å²) in [4.78, 5) is 14.2. The number of hydrogen-bond donors (Lipinski definition) is 0. The van der Waals surface area contributed by atoms with Crippen molar-refractivity contribution in [3.05, 3.63) is 41.0 Å². The second kappa shape index (κ2) is 7.10. The predicted molar refractivity (Wildman–Crippen MR) is 100 cm³/mol. The molecule has 1 fully saturated rings. The summed E-state index contributed by atoms with van der Waals surface area (Å²) in [6, 6.07) is 6.68. The molecule has 1 aromatic rings. The Balaban J connectivity index is 2.28. The van der Waals surface area contributed by atoms with Gasteiger partial charge in [-0.25, -0.2) is 0 Å². The molecule has 1 amide bonds. The van der Waals surface area contributed by atoms with Gasteiger partial charge in [0, 0.05) is 19.2 Å². The number of rotatable bonds is 2. The summed E-state index contributed by atoms with van der Waals surface area (Å²) in [5.74, 6) is 0.0665. The van der Waals surface area contributed by atoms with Crippen LogP contribution in [0.3, 0.4) is 0 Å². The molecule has 132 valence electrons. The molecular formula is C21H31NO2. The molecule has 0 spiro atoms. The van der Waals surface area contributed by atoms with E-state index in [1.54, 1.807) is 6.08 Å². The first kappa shape index (κ1) is 18.7. The standard InChI is InChI=1S/C21H31NO2/c1-20(2,3)17-13-16(14-18(15-17)21(4,5)6)7-8-19(23)22-9-11-24-12-10-22/h7-8,13-15H,9-12H2,1-6H3/b8-7+. The van der Waals surface area contributed by atoms with E-state index in [4.69, 9.17) is 4.74 Å². The minimum atomic E-state index is 0.0665. The van der Waals surface area contributed by atoms with Crippen LogP contribution < -0.4 is 0 Å². The summed E-state index contributed by atoms with van der Waals surface area (Å²) < 4.78 is 5.30. The number of carbonyl (C=O) groups is 1. The van der Waals surface area contributed by atoms with Crippen molar-refractivity contribution in [3.63, 3.8) is 0 Å². The van der Waals surface area contributed by atoms with Gasteiger partial charge in [-0.2, -0.15) is 0 Å². The van der Waals surface area contributed by atoms with Crippen molar-refractivity contribution in [1.29, 1.82) is 0 Å². The first-order valence-corrected chi connectivity index (χ1v) is 8.78. The smallest absolute Gasteiger partial charge is 0.246 e. The van der Waals surface area contributed by atoms with Crippen molar-refractivity contribution in [2.24, 2.45) is 0 Å². The molecule has 0 radical (unpaired) electrons. The molecule has 0 aromatic heterocycles. The van der Waals surface area contributed by atoms with E-state index in [2.05, 4.69) is 59.7 Å². The maximum Gasteiger partial charge on any atom is 0.246 e. The molecule has 3 nitrogen and oxygen atoms in total. The molecule has 3 heteroatoms. The fourth-order valence-electron chi connectivity index (χ4n) is 2.67. The molecule has 0 atom stereocenters. The maximum absolute atomic E-state index is 12.3. The highest BCUT2D eigenvalue weighted by Crippen LogP contribution is 2.30. The topological polar surface area (TPSA) is 29.5 Å². The van der Waals surface area contributed by atoms with Crippen LogP contribution in [0.4, 0.5) is 0 Å². The molecule has 0 saturated carbocycles. The van der Waals surface area contributed by atoms with Crippen molar-refractivity contribution < 1.29 is 9.53 Å². The van der Waals surface area contributed by atoms with E-state index in [0.717, 1.165) is 5.56 Å². The zero-order chi connectivity index (χ0) is 18.0. The van der Waals surface area contributed by atoms with E-state index < -0.39 is 0 Å². The van der Waals surface area contributed by atoms with Crippen LogP contribution in [0.25, 0.3) is 6.08 Å². The fourth-order valence-corrected chi connectivity index (χ4v) is 2.67. The number of ether oxygens (including phenoxy) is 1. The van der Waals surface area contributed by atoms with Gasteiger partial charge in [0.05, 0.1) is 13.2 Å². The van der Waals surface area contributed by atoms with Crippen molar-refractivity contribution in [3.8, 4) is 0 Å². The van der Waals surface area contributed by atoms with Crippen LogP contribution in [0.1, 0.15) is 58.2 Å². The van der Waals surface area contributed by atoms with Gasteiger partial charge in [0.15, 0.2) is 0 Å². The van der Waals surface area contributed by atoms with Crippen molar-refractivity contribution in [2.75, 3.05) is 26.3 Å². The third-order valence-corrected chi connectivity index (χ3v) is 4.43. The first-order chi connectivity index (χ1) is 11.1. The van der Waals surface area contributed by atoms with Crippen LogP contribution in [-0.2, 0) is 20.4 Å². The molecule has 24 heavy (non-hydrogen) atoms. The Morgan fingerprint density at radius 2 is 1.46 bits per heavy atom. The molecule has 0 bridgehead atoms. The highest BCUT2D eigenvalue weighted by molar-refractivity contribution is 5.91.